The van der Waals surface area contributed by atoms with E-state index in [-0.39, 0.29) is 5.92 Å². The molecule has 0 amide bonds. The summed E-state index contributed by atoms with van der Waals surface area (Å²) in [6, 6.07) is 5.57. The predicted octanol–water partition coefficient (Wildman–Crippen LogP) is 1.26. The molecule has 2 heterocycles. The summed E-state index contributed by atoms with van der Waals surface area (Å²) in [5.41, 5.74) is 0.793. The van der Waals surface area contributed by atoms with Crippen LogP contribution >= 0.6 is 0 Å². The number of aromatic nitrogens is 3. The van der Waals surface area contributed by atoms with Crippen molar-refractivity contribution in [2.45, 2.75) is 12.5 Å². The van der Waals surface area contributed by atoms with Crippen LogP contribution in [0.25, 0.3) is 0 Å². The second kappa shape index (κ2) is 4.50. The molecule has 0 aromatic carbocycles. The maximum Gasteiger partial charge on any atom is 0.130 e. The van der Waals surface area contributed by atoms with Crippen LogP contribution in [0.5, 0.6) is 0 Å². The molecular weight excluding hydrogens is 190 g/mol. The van der Waals surface area contributed by atoms with E-state index in [2.05, 4.69) is 9.97 Å². The van der Waals surface area contributed by atoms with E-state index in [1.807, 2.05) is 29.0 Å². The van der Waals surface area contributed by atoms with Crippen molar-refractivity contribution in [2.75, 3.05) is 0 Å². The number of nitrogens with zero attached hydrogens (tertiary/aromatic N) is 3. The Morgan fingerprint density at radius 2 is 2.33 bits per heavy atom. The monoisotopic (exact) mass is 201 g/mol. The van der Waals surface area contributed by atoms with E-state index in [0.29, 0.717) is 6.54 Å². The van der Waals surface area contributed by atoms with Crippen LogP contribution < -0.4 is 0 Å². The third kappa shape index (κ3) is 2.28. The molecule has 1 unspecified atom stereocenters. The third-order valence-electron chi connectivity index (χ3n) is 2.20. The minimum absolute atomic E-state index is 0.208. The normalized spacial score (nSPS) is 12.3. The SMILES string of the molecule is O=CC(Cn1ccnc1)c1ccccn1. The maximum atomic E-state index is 11.0. The average molecular weight is 201 g/mol. The molecule has 0 spiro atoms. The van der Waals surface area contributed by atoms with Gasteiger partial charge in [0, 0.05) is 25.1 Å². The van der Waals surface area contributed by atoms with Gasteiger partial charge in [-0.2, -0.15) is 0 Å². The van der Waals surface area contributed by atoms with E-state index in [0.717, 1.165) is 12.0 Å². The number of pyridine rings is 1. The fourth-order valence-electron chi connectivity index (χ4n) is 1.42. The smallest absolute Gasteiger partial charge is 0.130 e. The molecule has 0 aliphatic heterocycles. The summed E-state index contributed by atoms with van der Waals surface area (Å²) >= 11 is 0. The number of hydrogen-bond donors (Lipinski definition) is 0. The Bertz CT molecular complexity index is 411. The van der Waals surface area contributed by atoms with Crippen molar-refractivity contribution in [1.82, 2.24) is 14.5 Å². The Morgan fingerprint density at radius 1 is 1.40 bits per heavy atom. The molecule has 4 heteroatoms. The van der Waals surface area contributed by atoms with Gasteiger partial charge in [-0.15, -0.1) is 0 Å². The van der Waals surface area contributed by atoms with E-state index in [1.165, 1.54) is 0 Å². The molecule has 2 aromatic rings. The first kappa shape index (κ1) is 9.58. The van der Waals surface area contributed by atoms with Crippen molar-refractivity contribution >= 4 is 6.29 Å². The summed E-state index contributed by atoms with van der Waals surface area (Å²) in [7, 11) is 0. The van der Waals surface area contributed by atoms with Gasteiger partial charge in [0.25, 0.3) is 0 Å². The van der Waals surface area contributed by atoms with Crippen LogP contribution in [-0.4, -0.2) is 20.8 Å². The first-order valence-corrected chi connectivity index (χ1v) is 4.72. The summed E-state index contributed by atoms with van der Waals surface area (Å²) in [5.74, 6) is -0.208. The van der Waals surface area contributed by atoms with Crippen molar-refractivity contribution in [3.05, 3.63) is 48.8 Å². The molecule has 76 valence electrons. The zero-order valence-corrected chi connectivity index (χ0v) is 8.15. The van der Waals surface area contributed by atoms with Crippen molar-refractivity contribution < 1.29 is 4.79 Å². The van der Waals surface area contributed by atoms with Gasteiger partial charge in [-0.3, -0.25) is 4.98 Å². The second-order valence-electron chi connectivity index (χ2n) is 3.26. The molecule has 0 aliphatic carbocycles. The topological polar surface area (TPSA) is 47.8 Å². The van der Waals surface area contributed by atoms with Crippen molar-refractivity contribution in [1.29, 1.82) is 0 Å². The lowest BCUT2D eigenvalue weighted by molar-refractivity contribution is -0.109. The number of rotatable bonds is 4. The fourth-order valence-corrected chi connectivity index (χ4v) is 1.42. The quantitative estimate of drug-likeness (QED) is 0.700. The summed E-state index contributed by atoms with van der Waals surface area (Å²) in [6.07, 6.45) is 7.83. The lowest BCUT2D eigenvalue weighted by Crippen LogP contribution is -2.10. The fraction of sp³-hybridized carbons (Fsp3) is 0.182. The van der Waals surface area contributed by atoms with Crippen LogP contribution in [0.3, 0.4) is 0 Å². The highest BCUT2D eigenvalue weighted by molar-refractivity contribution is 5.60. The highest BCUT2D eigenvalue weighted by atomic mass is 16.1. The predicted molar refractivity (Wildman–Crippen MR) is 55.3 cm³/mol. The van der Waals surface area contributed by atoms with E-state index in [4.69, 9.17) is 0 Å². The van der Waals surface area contributed by atoms with E-state index < -0.39 is 0 Å². The largest absolute Gasteiger partial charge is 0.336 e. The van der Waals surface area contributed by atoms with Gasteiger partial charge >= 0.3 is 0 Å². The first-order valence-electron chi connectivity index (χ1n) is 4.72. The van der Waals surface area contributed by atoms with Gasteiger partial charge in [-0.25, -0.2) is 4.98 Å². The molecule has 0 radical (unpaired) electrons. The lowest BCUT2D eigenvalue weighted by Gasteiger charge is -2.09. The highest BCUT2D eigenvalue weighted by Gasteiger charge is 2.11. The Labute approximate surface area is 87.6 Å². The van der Waals surface area contributed by atoms with Crippen LogP contribution in [-0.2, 0) is 11.3 Å². The minimum Gasteiger partial charge on any atom is -0.336 e. The molecule has 4 nitrogen and oxygen atoms in total. The van der Waals surface area contributed by atoms with Crippen LogP contribution in [0.2, 0.25) is 0 Å². The molecule has 0 aliphatic rings. The van der Waals surface area contributed by atoms with Crippen molar-refractivity contribution in [3.63, 3.8) is 0 Å². The van der Waals surface area contributed by atoms with Crippen LogP contribution in [0, 0.1) is 0 Å². The molecular formula is C11H11N3O. The molecule has 0 saturated carbocycles. The second-order valence-corrected chi connectivity index (χ2v) is 3.26. The number of aldehydes is 1. The van der Waals surface area contributed by atoms with Gasteiger partial charge in [-0.05, 0) is 12.1 Å². The zero-order valence-electron chi connectivity index (χ0n) is 8.15. The van der Waals surface area contributed by atoms with Gasteiger partial charge in [-0.1, -0.05) is 6.07 Å². The molecule has 2 aromatic heterocycles. The highest BCUT2D eigenvalue weighted by Crippen LogP contribution is 2.12. The van der Waals surface area contributed by atoms with E-state index in [9.17, 15) is 4.79 Å². The lowest BCUT2D eigenvalue weighted by atomic mass is 10.1. The van der Waals surface area contributed by atoms with Gasteiger partial charge in [0.2, 0.25) is 0 Å². The number of imidazole rings is 1. The summed E-state index contributed by atoms with van der Waals surface area (Å²) in [5, 5.41) is 0. The van der Waals surface area contributed by atoms with Crippen molar-refractivity contribution in [3.8, 4) is 0 Å². The van der Waals surface area contributed by atoms with E-state index >= 15 is 0 Å². The maximum absolute atomic E-state index is 11.0. The first-order chi connectivity index (χ1) is 7.40. The van der Waals surface area contributed by atoms with Crippen LogP contribution in [0.4, 0.5) is 0 Å². The van der Waals surface area contributed by atoms with Crippen molar-refractivity contribution in [2.24, 2.45) is 0 Å². The Balaban J connectivity index is 2.15. The number of carbonyl (C=O) groups excluding carboxylic acids is 1. The van der Waals surface area contributed by atoms with Crippen LogP contribution in [0.1, 0.15) is 11.6 Å². The Hall–Kier alpha value is -1.97. The van der Waals surface area contributed by atoms with E-state index in [1.54, 1.807) is 18.7 Å². The molecule has 0 N–H and O–H groups in total. The van der Waals surface area contributed by atoms with Crippen LogP contribution in [0.15, 0.2) is 43.1 Å². The van der Waals surface area contributed by atoms with Gasteiger partial charge in [0.05, 0.1) is 17.9 Å². The summed E-state index contributed by atoms with van der Waals surface area (Å²) in [4.78, 5) is 19.1. The summed E-state index contributed by atoms with van der Waals surface area (Å²) < 4.78 is 1.87. The number of hydrogen-bond acceptors (Lipinski definition) is 3. The van der Waals surface area contributed by atoms with Gasteiger partial charge in [0.15, 0.2) is 0 Å². The molecule has 0 bridgehead atoms. The molecule has 0 fully saturated rings. The standard InChI is InChI=1S/C11H11N3O/c15-8-10(7-14-6-5-12-9-14)11-3-1-2-4-13-11/h1-6,8-10H,7H2. The van der Waals surface area contributed by atoms with Gasteiger partial charge in [0.1, 0.15) is 6.29 Å². The third-order valence-corrected chi connectivity index (χ3v) is 2.20. The number of carbonyl (C=O) groups is 1. The molecule has 15 heavy (non-hydrogen) atoms. The molecule has 2 rings (SSSR count). The average Bonchev–Trinajstić information content (AvgIpc) is 2.80. The zero-order chi connectivity index (χ0) is 10.5. The summed E-state index contributed by atoms with van der Waals surface area (Å²) in [6.45, 7) is 0.584. The minimum atomic E-state index is -0.208. The molecule has 1 atom stereocenters. The van der Waals surface area contributed by atoms with Gasteiger partial charge < -0.3 is 9.36 Å². The molecule has 0 saturated heterocycles. The Morgan fingerprint density at radius 3 is 2.93 bits per heavy atom. The Kier molecular flexibility index (Phi) is 2.88.